The Morgan fingerprint density at radius 3 is 1.76 bits per heavy atom. The number of hydrogen-bond acceptors (Lipinski definition) is 9. The molecule has 2 bridgehead atoms. The molecule has 6 heterocycles. The van der Waals surface area contributed by atoms with Gasteiger partial charge in [-0.15, -0.1) is 0 Å². The number of alkyl carbamates (subject to hydrolysis) is 2. The van der Waals surface area contributed by atoms with Crippen LogP contribution in [0.3, 0.4) is 0 Å². The molecule has 3 saturated heterocycles. The van der Waals surface area contributed by atoms with Crippen molar-refractivity contribution in [1.29, 1.82) is 0 Å². The number of nitrogens with one attached hydrogen (secondary N) is 5. The van der Waals surface area contributed by atoms with Crippen LogP contribution in [0.1, 0.15) is 188 Å². The molecular formula is C53H81N9O6. The highest BCUT2D eigenvalue weighted by Crippen LogP contribution is 2.43. The third-order valence-electron chi connectivity index (χ3n) is 14.6. The molecule has 15 nitrogen and oxygen atoms in total. The monoisotopic (exact) mass is 940 g/mol. The maximum atomic E-state index is 14.1. The van der Waals surface area contributed by atoms with Crippen LogP contribution >= 0.6 is 0 Å². The second-order valence-corrected chi connectivity index (χ2v) is 23.1. The van der Waals surface area contributed by atoms with E-state index in [0.29, 0.717) is 36.9 Å². The van der Waals surface area contributed by atoms with Gasteiger partial charge in [-0.25, -0.2) is 19.6 Å². The Balaban J connectivity index is 1.04. The Labute approximate surface area is 404 Å². The lowest BCUT2D eigenvalue weighted by Gasteiger charge is -2.38. The van der Waals surface area contributed by atoms with Crippen molar-refractivity contribution in [2.24, 2.45) is 23.7 Å². The molecule has 0 aromatic carbocycles. The molecule has 4 amide bonds. The maximum absolute atomic E-state index is 14.1. The van der Waals surface area contributed by atoms with Gasteiger partial charge in [0, 0.05) is 48.6 Å². The van der Waals surface area contributed by atoms with Gasteiger partial charge < -0.3 is 45.2 Å². The summed E-state index contributed by atoms with van der Waals surface area (Å²) in [5, 5.41) is 9.71. The van der Waals surface area contributed by atoms with Gasteiger partial charge in [0.1, 0.15) is 34.9 Å². The highest BCUT2D eigenvalue weighted by Gasteiger charge is 2.41. The standard InChI is InChI=1S/C53H81N9O6/c1-30(2)44(59-50(65)67-52(7,8)9)48(63)61-23-13-15-42(61)46-54-28-40(57-46)35-19-17-34(18-20-35)36-21-22-38(33(6)39-26-32(5)25-37(27-36)56-39)41-29-55-47(58-41)43-16-14-24-62(43)49(64)45(31(3)4)60-51(66)68-53(10,11)12/h21-22,28-32,34-35,37,39,42-45,56H,6,13-20,23-27H2,1-5,7-12H3,(H,54,57)(H,55,58)(H,59,65)(H,60,66)/b36-21+,38-22+/t32?,34?,35?,37?,39?,42-,43-,44-,45-/m0/s1. The summed E-state index contributed by atoms with van der Waals surface area (Å²) < 4.78 is 11.0. The number of nitrogens with zero attached hydrogens (tertiary/aromatic N) is 4. The number of aromatic amines is 2. The van der Waals surface area contributed by atoms with E-state index in [-0.39, 0.29) is 41.8 Å². The molecule has 68 heavy (non-hydrogen) atoms. The lowest BCUT2D eigenvalue weighted by atomic mass is 9.75. The molecule has 4 fully saturated rings. The average Bonchev–Trinajstić information content (AvgIpc) is 4.09. The third-order valence-corrected chi connectivity index (χ3v) is 14.6. The first-order valence-corrected chi connectivity index (χ1v) is 25.6. The number of amides is 4. The predicted octanol–water partition coefficient (Wildman–Crippen LogP) is 9.56. The van der Waals surface area contributed by atoms with Crippen LogP contribution in [-0.4, -0.2) is 102 Å². The van der Waals surface area contributed by atoms with Gasteiger partial charge in [0.2, 0.25) is 11.8 Å². The molecule has 5 N–H and O–H groups in total. The number of rotatable bonds is 11. The van der Waals surface area contributed by atoms with Crippen LogP contribution in [0.25, 0.3) is 5.57 Å². The molecule has 1 saturated carbocycles. The molecule has 3 unspecified atom stereocenters. The van der Waals surface area contributed by atoms with Crippen LogP contribution in [0.5, 0.6) is 0 Å². The van der Waals surface area contributed by atoms with E-state index in [1.807, 2.05) is 91.4 Å². The van der Waals surface area contributed by atoms with E-state index in [9.17, 15) is 19.2 Å². The molecule has 15 heteroatoms. The van der Waals surface area contributed by atoms with Gasteiger partial charge in [0.25, 0.3) is 0 Å². The number of likely N-dealkylation sites (tertiary alicyclic amines) is 2. The van der Waals surface area contributed by atoms with Crippen molar-refractivity contribution in [3.8, 4) is 0 Å². The molecule has 2 aromatic heterocycles. The molecule has 7 rings (SSSR count). The summed E-state index contributed by atoms with van der Waals surface area (Å²) >= 11 is 0. The molecule has 0 radical (unpaired) electrons. The SMILES string of the molecule is C=C1/C(c2cnc([C@@H]3CCCN3C(=O)[C@@H](NC(=O)OC(C)(C)C)C(C)C)[nH]2)=C\C=C(\C2CCC(c3cnc([C@@H]4CCCN4C(=O)[C@@H](NC(=O)OC(C)(C)C)C(C)C)[nH]3)CC2)CC2CC(C)CC1N2. The zero-order valence-corrected chi connectivity index (χ0v) is 42.8. The number of piperidine rings is 1. The zero-order chi connectivity index (χ0) is 49.2. The summed E-state index contributed by atoms with van der Waals surface area (Å²) in [6.45, 7) is 26.9. The zero-order valence-electron chi connectivity index (χ0n) is 42.8. The van der Waals surface area contributed by atoms with Gasteiger partial charge in [-0.05, 0) is 141 Å². The summed E-state index contributed by atoms with van der Waals surface area (Å²) in [5.41, 5.74) is 4.25. The van der Waals surface area contributed by atoms with Crippen LogP contribution in [0, 0.1) is 23.7 Å². The smallest absolute Gasteiger partial charge is 0.408 e. The normalized spacial score (nSPS) is 28.4. The molecule has 0 spiro atoms. The van der Waals surface area contributed by atoms with Crippen molar-refractivity contribution in [2.45, 2.75) is 200 Å². The summed E-state index contributed by atoms with van der Waals surface area (Å²) in [6, 6.07) is -1.33. The summed E-state index contributed by atoms with van der Waals surface area (Å²) in [6.07, 6.45) is 18.0. The number of carbonyl (C=O) groups excluding carboxylic acids is 4. The first-order chi connectivity index (χ1) is 32.0. The Bertz CT molecular complexity index is 2200. The molecule has 2 aromatic rings. The fraction of sp³-hybridized carbons (Fsp3) is 0.698. The number of carbonyl (C=O) groups is 4. The number of hydrogen-bond donors (Lipinski definition) is 5. The van der Waals surface area contributed by atoms with Crippen molar-refractivity contribution in [2.75, 3.05) is 13.1 Å². The number of allylic oxidation sites excluding steroid dienone is 2. The van der Waals surface area contributed by atoms with E-state index in [0.717, 1.165) is 105 Å². The van der Waals surface area contributed by atoms with E-state index < -0.39 is 35.5 Å². The van der Waals surface area contributed by atoms with E-state index in [2.05, 4.69) is 45.0 Å². The van der Waals surface area contributed by atoms with Crippen LogP contribution in [-0.2, 0) is 19.1 Å². The van der Waals surface area contributed by atoms with Gasteiger partial charge >= 0.3 is 12.2 Å². The number of aromatic nitrogens is 4. The number of ether oxygens (including phenoxy) is 2. The highest BCUT2D eigenvalue weighted by molar-refractivity contribution is 5.87. The fourth-order valence-corrected chi connectivity index (χ4v) is 11.2. The van der Waals surface area contributed by atoms with Crippen molar-refractivity contribution >= 4 is 29.6 Å². The number of imidazole rings is 2. The van der Waals surface area contributed by atoms with Crippen molar-refractivity contribution in [1.82, 2.24) is 45.7 Å². The average molecular weight is 940 g/mol. The van der Waals surface area contributed by atoms with Crippen LogP contribution in [0.15, 0.2) is 42.3 Å². The molecule has 4 aliphatic heterocycles. The maximum Gasteiger partial charge on any atom is 0.408 e. The highest BCUT2D eigenvalue weighted by atomic mass is 16.6. The predicted molar refractivity (Wildman–Crippen MR) is 264 cm³/mol. The number of fused-ring (bicyclic) bond motifs is 2. The molecular weight excluding hydrogens is 859 g/mol. The van der Waals surface area contributed by atoms with Gasteiger partial charge in [-0.3, -0.25) is 9.59 Å². The molecule has 1 aliphatic carbocycles. The molecule has 7 atom stereocenters. The summed E-state index contributed by atoms with van der Waals surface area (Å²) in [5.74, 6) is 2.44. The van der Waals surface area contributed by atoms with Gasteiger partial charge in [-0.2, -0.15) is 0 Å². The summed E-state index contributed by atoms with van der Waals surface area (Å²) in [4.78, 5) is 74.5. The van der Waals surface area contributed by atoms with E-state index in [1.54, 1.807) is 0 Å². The van der Waals surface area contributed by atoms with Gasteiger partial charge in [-0.1, -0.05) is 58.9 Å². The second-order valence-electron chi connectivity index (χ2n) is 23.1. The first kappa shape index (κ1) is 50.9. The van der Waals surface area contributed by atoms with E-state index >= 15 is 0 Å². The Morgan fingerprint density at radius 1 is 0.721 bits per heavy atom. The first-order valence-electron chi connectivity index (χ1n) is 25.6. The molecule has 5 aliphatic rings. The lowest BCUT2D eigenvalue weighted by molar-refractivity contribution is -0.136. The minimum atomic E-state index is -0.722. The minimum absolute atomic E-state index is 0.102. The lowest BCUT2D eigenvalue weighted by Crippen LogP contribution is -2.52. The van der Waals surface area contributed by atoms with Crippen LogP contribution < -0.4 is 16.0 Å². The fourth-order valence-electron chi connectivity index (χ4n) is 11.2. The number of H-pyrrole nitrogens is 2. The van der Waals surface area contributed by atoms with Gasteiger partial charge in [0.15, 0.2) is 0 Å². The summed E-state index contributed by atoms with van der Waals surface area (Å²) in [7, 11) is 0. The molecule has 374 valence electrons. The minimum Gasteiger partial charge on any atom is -0.444 e. The van der Waals surface area contributed by atoms with E-state index in [1.165, 1.54) is 5.57 Å². The Hall–Kier alpha value is -4.92. The van der Waals surface area contributed by atoms with Crippen molar-refractivity contribution < 1.29 is 28.7 Å². The van der Waals surface area contributed by atoms with Crippen molar-refractivity contribution in [3.05, 3.63) is 65.3 Å². The third kappa shape index (κ3) is 12.3. The van der Waals surface area contributed by atoms with Crippen LogP contribution in [0.4, 0.5) is 9.59 Å². The quantitative estimate of drug-likeness (QED) is 0.146. The van der Waals surface area contributed by atoms with Crippen molar-refractivity contribution in [3.63, 3.8) is 0 Å². The Morgan fingerprint density at radius 2 is 1.24 bits per heavy atom. The van der Waals surface area contributed by atoms with Gasteiger partial charge in [0.05, 0.1) is 24.0 Å². The largest absolute Gasteiger partial charge is 0.444 e. The van der Waals surface area contributed by atoms with E-state index in [4.69, 9.17) is 26.0 Å². The second kappa shape index (κ2) is 21.0. The Kier molecular flexibility index (Phi) is 15.7. The topological polar surface area (TPSA) is 187 Å². The van der Waals surface area contributed by atoms with Crippen LogP contribution in [0.2, 0.25) is 0 Å².